The second kappa shape index (κ2) is 15.7. The molecule has 21 heteroatoms. The number of fused-ring (bicyclic) bond motifs is 9. The van der Waals surface area contributed by atoms with Gasteiger partial charge in [-0.2, -0.15) is 9.67 Å². The zero-order valence-electron chi connectivity index (χ0n) is 33.1. The largest absolute Gasteiger partial charge is 0.490 e. The number of aryl methyl sites for hydroxylation is 4. The Hall–Kier alpha value is -7.00. The van der Waals surface area contributed by atoms with Crippen molar-refractivity contribution in [2.75, 3.05) is 50.1 Å². The Morgan fingerprint density at radius 2 is 1.53 bits per heavy atom. The predicted octanol–water partition coefficient (Wildman–Crippen LogP) is 1.09. The highest BCUT2D eigenvalue weighted by Crippen LogP contribution is 2.32. The summed E-state index contributed by atoms with van der Waals surface area (Å²) < 4.78 is 20.0. The average molecular weight is 807 g/mol. The van der Waals surface area contributed by atoms with Crippen LogP contribution >= 0.6 is 0 Å². The maximum absolute atomic E-state index is 14.7. The molecule has 1 fully saturated rings. The first-order chi connectivity index (χ1) is 28.5. The number of nitrogens with two attached hydrogens (primary N) is 2. The van der Waals surface area contributed by atoms with Gasteiger partial charge < -0.3 is 25.5 Å². The van der Waals surface area contributed by atoms with Gasteiger partial charge in [-0.3, -0.25) is 44.0 Å². The summed E-state index contributed by atoms with van der Waals surface area (Å²) in [7, 11) is 0. The van der Waals surface area contributed by atoms with Crippen molar-refractivity contribution in [2.45, 2.75) is 53.9 Å². The van der Waals surface area contributed by atoms with Crippen LogP contribution in [0.3, 0.4) is 0 Å². The van der Waals surface area contributed by atoms with Gasteiger partial charge in [0.25, 0.3) is 11.7 Å². The second-order valence-electron chi connectivity index (χ2n) is 14.0. The van der Waals surface area contributed by atoms with E-state index in [9.17, 15) is 19.2 Å². The lowest BCUT2D eigenvalue weighted by atomic mass is 10.1. The molecule has 0 spiro atoms. The normalized spacial score (nSPS) is 15.6. The fraction of sp³-hybridized carbons (Fsp3) is 0.368. The second-order valence-corrected chi connectivity index (χ2v) is 14.0. The number of primary amides is 2. The Balaban J connectivity index is 1.32. The molecule has 2 aliphatic rings. The molecular weight excluding hydrogens is 763 g/mol. The van der Waals surface area contributed by atoms with Crippen LogP contribution in [0, 0.1) is 13.8 Å². The molecule has 8 rings (SSSR count). The van der Waals surface area contributed by atoms with Crippen LogP contribution in [0.2, 0.25) is 0 Å². The van der Waals surface area contributed by atoms with E-state index in [0.29, 0.717) is 84.6 Å². The molecule has 0 aliphatic carbocycles. The van der Waals surface area contributed by atoms with Gasteiger partial charge in [-0.25, -0.2) is 15.0 Å². The van der Waals surface area contributed by atoms with Crippen molar-refractivity contribution >= 4 is 57.7 Å². The maximum Gasteiger partial charge on any atom is 0.331 e. The number of ether oxygens (including phenoxy) is 2. The topological polar surface area (TPSA) is 254 Å². The predicted molar refractivity (Wildman–Crippen MR) is 212 cm³/mol. The van der Waals surface area contributed by atoms with Gasteiger partial charge in [-0.05, 0) is 39.0 Å². The Morgan fingerprint density at radius 3 is 2.24 bits per heavy atom. The Bertz CT molecular complexity index is 2700. The van der Waals surface area contributed by atoms with Crippen LogP contribution in [0.15, 0.2) is 36.5 Å². The number of carbonyl (C=O) groups is 4. The lowest BCUT2D eigenvalue weighted by molar-refractivity contribution is -0.606. The van der Waals surface area contributed by atoms with Gasteiger partial charge in [0.15, 0.2) is 17.0 Å². The summed E-state index contributed by atoms with van der Waals surface area (Å²) in [6.07, 6.45) is 5.05. The summed E-state index contributed by atoms with van der Waals surface area (Å²) in [6.45, 7) is 11.9. The van der Waals surface area contributed by atoms with Gasteiger partial charge in [0.1, 0.15) is 29.9 Å². The highest BCUT2D eigenvalue weighted by Gasteiger charge is 2.37. The summed E-state index contributed by atoms with van der Waals surface area (Å²) in [6, 6.07) is 4.66. The number of aromatic nitrogens is 10. The van der Waals surface area contributed by atoms with Crippen molar-refractivity contribution in [3.05, 3.63) is 70.7 Å². The number of hydrogen-bond donors (Lipinski definition) is 4. The van der Waals surface area contributed by atoms with Crippen molar-refractivity contribution in [1.82, 2.24) is 48.5 Å². The van der Waals surface area contributed by atoms with E-state index in [1.807, 2.05) is 26.0 Å². The molecule has 6 aromatic rings. The Labute approximate surface area is 336 Å². The van der Waals surface area contributed by atoms with E-state index in [1.165, 1.54) is 16.9 Å². The molecule has 2 aliphatic heterocycles. The fourth-order valence-corrected chi connectivity index (χ4v) is 7.49. The molecule has 306 valence electrons. The minimum absolute atomic E-state index is 0.106. The van der Waals surface area contributed by atoms with Crippen molar-refractivity contribution < 1.29 is 33.2 Å². The summed E-state index contributed by atoms with van der Waals surface area (Å²) in [5, 5.41) is 15.3. The van der Waals surface area contributed by atoms with E-state index >= 15 is 0 Å². The number of nitrogens with one attached hydrogen (secondary N) is 2. The molecule has 6 N–H and O–H groups in total. The lowest BCUT2D eigenvalue weighted by Gasteiger charge is -2.26. The molecule has 59 heavy (non-hydrogen) atoms. The summed E-state index contributed by atoms with van der Waals surface area (Å²) in [4.78, 5) is 70.0. The molecule has 4 amide bonds. The van der Waals surface area contributed by atoms with Crippen molar-refractivity contribution in [2.24, 2.45) is 11.5 Å². The number of hydrogen-bond acceptors (Lipinski definition) is 12. The number of nitrogens with zero attached hydrogens (tertiary/aromatic N) is 11. The van der Waals surface area contributed by atoms with E-state index < -0.39 is 23.6 Å². The van der Waals surface area contributed by atoms with Gasteiger partial charge in [0.2, 0.25) is 23.7 Å². The lowest BCUT2D eigenvalue weighted by Crippen LogP contribution is -2.44. The van der Waals surface area contributed by atoms with Gasteiger partial charge in [0.05, 0.1) is 30.0 Å². The SMILES string of the molecule is CCn1nc(C)c2c1C(=O)Nc1nc3cc(C(N)=O)cc(OCCN4CCOCC4)c3n1C/C=C/Cn1c(nc3cc(C(N)=O)cnc31)NC(=O)c1n(CC)nc(C)[n+]1-2. The third-order valence-electron chi connectivity index (χ3n) is 10.3. The number of imidazole rings is 2. The molecular formula is C38H44N15O6+. The highest BCUT2D eigenvalue weighted by atomic mass is 16.5. The summed E-state index contributed by atoms with van der Waals surface area (Å²) in [5.41, 5.74) is 14.3. The monoisotopic (exact) mass is 806 g/mol. The molecule has 0 atom stereocenters. The van der Waals surface area contributed by atoms with E-state index in [-0.39, 0.29) is 47.6 Å². The number of pyridine rings is 1. The van der Waals surface area contributed by atoms with Gasteiger partial charge in [-0.1, -0.05) is 12.2 Å². The average Bonchev–Trinajstić information content (AvgIpc) is 3.95. The molecule has 0 radical (unpaired) electrons. The molecule has 0 bridgehead atoms. The molecule has 21 nitrogen and oxygen atoms in total. The van der Waals surface area contributed by atoms with E-state index in [2.05, 4.69) is 30.6 Å². The molecule has 5 aromatic heterocycles. The molecule has 0 unspecified atom stereocenters. The van der Waals surface area contributed by atoms with Crippen LogP contribution in [0.4, 0.5) is 11.9 Å². The van der Waals surface area contributed by atoms with Crippen LogP contribution in [0.5, 0.6) is 5.75 Å². The highest BCUT2D eigenvalue weighted by molar-refractivity contribution is 6.06. The smallest absolute Gasteiger partial charge is 0.331 e. The molecule has 1 aromatic carbocycles. The Kier molecular flexibility index (Phi) is 10.4. The van der Waals surface area contributed by atoms with Crippen LogP contribution in [0.25, 0.3) is 27.9 Å². The maximum atomic E-state index is 14.7. The molecule has 0 saturated carbocycles. The number of anilines is 2. The van der Waals surface area contributed by atoms with Gasteiger partial charge >= 0.3 is 11.7 Å². The van der Waals surface area contributed by atoms with E-state index in [4.69, 9.17) is 31.0 Å². The Morgan fingerprint density at radius 1 is 0.864 bits per heavy atom. The number of rotatable bonds is 8. The summed E-state index contributed by atoms with van der Waals surface area (Å²) in [5.74, 6) is -1.28. The van der Waals surface area contributed by atoms with Crippen molar-refractivity contribution in [3.63, 3.8) is 0 Å². The van der Waals surface area contributed by atoms with Crippen LogP contribution in [-0.2, 0) is 30.9 Å². The van der Waals surface area contributed by atoms with Crippen molar-refractivity contribution in [1.29, 1.82) is 0 Å². The number of allylic oxidation sites excluding steroid dienone is 2. The third-order valence-corrected chi connectivity index (χ3v) is 10.3. The quantitative estimate of drug-likeness (QED) is 0.125. The summed E-state index contributed by atoms with van der Waals surface area (Å²) >= 11 is 0. The number of morpholine rings is 1. The van der Waals surface area contributed by atoms with E-state index in [0.717, 1.165) is 13.1 Å². The first kappa shape index (κ1) is 38.9. The third kappa shape index (κ3) is 7.14. The zero-order valence-corrected chi connectivity index (χ0v) is 33.1. The first-order valence-electron chi connectivity index (χ1n) is 19.2. The van der Waals surface area contributed by atoms with E-state index in [1.54, 1.807) is 44.4 Å². The number of amides is 4. The molecule has 7 heterocycles. The zero-order chi connectivity index (χ0) is 41.5. The minimum atomic E-state index is -0.675. The number of benzene rings is 1. The number of carbonyl (C=O) groups excluding carboxylic acids is 4. The van der Waals surface area contributed by atoms with Crippen LogP contribution in [0.1, 0.15) is 67.2 Å². The van der Waals surface area contributed by atoms with Gasteiger partial charge in [-0.15, -0.1) is 4.68 Å². The van der Waals surface area contributed by atoms with Crippen molar-refractivity contribution in [3.8, 4) is 11.4 Å². The van der Waals surface area contributed by atoms with Crippen LogP contribution in [-0.4, -0.2) is 112 Å². The standard InChI is InChI=1S/C38H43N15O6/c1-5-51-30-28(21(3)46-51)53-22(4)47-52(6-2)36(53)35(57)45-38-43-26-18-24(32(40)55)20-41-33(26)50(38)10-8-7-9-49-29-25(42-37(49)44-34(30)56)17-23(31(39)54)19-27(29)59-16-13-48-11-14-58-15-12-48/h7-8,17-20H,5-6,9-16H2,1-4H3,(H5-,39,40,42,43,44,45,54,55,56,57)/p+1/b8-7+. The fourth-order valence-electron chi connectivity index (χ4n) is 7.49. The van der Waals surface area contributed by atoms with Gasteiger partial charge in [0, 0.05) is 63.1 Å². The minimum Gasteiger partial charge on any atom is -0.490 e. The first-order valence-corrected chi connectivity index (χ1v) is 19.2. The molecule has 1 saturated heterocycles. The van der Waals surface area contributed by atoms with Crippen LogP contribution < -0.4 is 31.4 Å².